The van der Waals surface area contributed by atoms with Crippen molar-refractivity contribution in [2.24, 2.45) is 5.41 Å². The quantitative estimate of drug-likeness (QED) is 0.907. The maximum Gasteiger partial charge on any atom is 0.224 e. The van der Waals surface area contributed by atoms with Gasteiger partial charge >= 0.3 is 0 Å². The van der Waals surface area contributed by atoms with Crippen LogP contribution in [-0.4, -0.2) is 20.1 Å². The summed E-state index contributed by atoms with van der Waals surface area (Å²) in [5, 5.41) is 2.92. The van der Waals surface area contributed by atoms with Gasteiger partial charge in [-0.25, -0.2) is 0 Å². The van der Waals surface area contributed by atoms with Gasteiger partial charge in [0.2, 0.25) is 5.91 Å². The average Bonchev–Trinajstić information content (AvgIpc) is 2.28. The van der Waals surface area contributed by atoms with E-state index in [9.17, 15) is 4.79 Å². The number of amides is 1. The normalized spacial score (nSPS) is 11.1. The van der Waals surface area contributed by atoms with Crippen molar-refractivity contribution in [3.63, 3.8) is 0 Å². The molecule has 0 aliphatic rings. The van der Waals surface area contributed by atoms with Crippen LogP contribution in [0.1, 0.15) is 32.8 Å². The summed E-state index contributed by atoms with van der Waals surface area (Å²) in [4.78, 5) is 12.0. The molecule has 0 fully saturated rings. The van der Waals surface area contributed by atoms with Crippen molar-refractivity contribution < 1.29 is 14.3 Å². The highest BCUT2D eigenvalue weighted by Crippen LogP contribution is 2.33. The van der Waals surface area contributed by atoms with Gasteiger partial charge in [-0.2, -0.15) is 0 Å². The molecule has 1 rings (SSSR count). The lowest BCUT2D eigenvalue weighted by Gasteiger charge is -2.18. The predicted molar refractivity (Wildman–Crippen MR) is 77.0 cm³/mol. The molecule has 0 radical (unpaired) electrons. The second kappa shape index (κ2) is 5.95. The molecular weight excluding hydrogens is 242 g/mol. The molecule has 0 spiro atoms. The minimum atomic E-state index is -0.0332. The van der Waals surface area contributed by atoms with Crippen molar-refractivity contribution in [1.82, 2.24) is 0 Å². The summed E-state index contributed by atoms with van der Waals surface area (Å²) in [6, 6.07) is 3.64. The van der Waals surface area contributed by atoms with Crippen LogP contribution < -0.4 is 14.8 Å². The van der Waals surface area contributed by atoms with E-state index < -0.39 is 0 Å². The second-order valence-corrected chi connectivity index (χ2v) is 5.81. The first kappa shape index (κ1) is 15.3. The van der Waals surface area contributed by atoms with Gasteiger partial charge in [0.05, 0.1) is 14.2 Å². The minimum Gasteiger partial charge on any atom is -0.493 e. The third kappa shape index (κ3) is 4.47. The zero-order chi connectivity index (χ0) is 14.6. The first-order chi connectivity index (χ1) is 8.76. The lowest BCUT2D eigenvalue weighted by atomic mass is 9.92. The zero-order valence-corrected chi connectivity index (χ0v) is 12.6. The molecule has 0 saturated carbocycles. The fourth-order valence-corrected chi connectivity index (χ4v) is 1.79. The highest BCUT2D eigenvalue weighted by atomic mass is 16.5. The van der Waals surface area contributed by atoms with Crippen molar-refractivity contribution in [1.29, 1.82) is 0 Å². The number of hydrogen-bond acceptors (Lipinski definition) is 3. The number of carbonyl (C=O) groups is 1. The first-order valence-electron chi connectivity index (χ1n) is 6.29. The summed E-state index contributed by atoms with van der Waals surface area (Å²) in [7, 11) is 3.17. The zero-order valence-electron chi connectivity index (χ0n) is 12.6. The van der Waals surface area contributed by atoms with Crippen LogP contribution in [-0.2, 0) is 4.79 Å². The van der Waals surface area contributed by atoms with E-state index in [1.807, 2.05) is 33.8 Å². The van der Waals surface area contributed by atoms with Crippen LogP contribution in [0.15, 0.2) is 12.1 Å². The summed E-state index contributed by atoms with van der Waals surface area (Å²) < 4.78 is 10.5. The Kier molecular flexibility index (Phi) is 4.81. The Bertz CT molecular complexity index is 461. The Morgan fingerprint density at radius 1 is 1.16 bits per heavy atom. The maximum absolute atomic E-state index is 12.0. The van der Waals surface area contributed by atoms with E-state index in [2.05, 4.69) is 5.32 Å². The molecule has 19 heavy (non-hydrogen) atoms. The van der Waals surface area contributed by atoms with E-state index in [0.717, 1.165) is 11.3 Å². The highest BCUT2D eigenvalue weighted by Gasteiger charge is 2.17. The van der Waals surface area contributed by atoms with Gasteiger partial charge in [-0.05, 0) is 24.0 Å². The number of hydrogen-bond donors (Lipinski definition) is 1. The lowest BCUT2D eigenvalue weighted by molar-refractivity contribution is -0.117. The molecule has 0 saturated heterocycles. The van der Waals surface area contributed by atoms with Crippen molar-refractivity contribution >= 4 is 11.6 Å². The van der Waals surface area contributed by atoms with Gasteiger partial charge in [0.1, 0.15) is 0 Å². The predicted octanol–water partition coefficient (Wildman–Crippen LogP) is 3.39. The van der Waals surface area contributed by atoms with Crippen LogP contribution >= 0.6 is 0 Å². The summed E-state index contributed by atoms with van der Waals surface area (Å²) >= 11 is 0. The average molecular weight is 265 g/mol. The van der Waals surface area contributed by atoms with Crippen LogP contribution in [0.25, 0.3) is 0 Å². The minimum absolute atomic E-state index is 0.00261. The van der Waals surface area contributed by atoms with Gasteiger partial charge in [0, 0.05) is 18.2 Å². The number of anilines is 1. The van der Waals surface area contributed by atoms with Gasteiger partial charge in [-0.15, -0.1) is 0 Å². The Labute approximate surface area is 115 Å². The van der Waals surface area contributed by atoms with E-state index in [4.69, 9.17) is 9.47 Å². The van der Waals surface area contributed by atoms with Crippen LogP contribution in [0.2, 0.25) is 0 Å². The Morgan fingerprint density at radius 3 is 2.16 bits per heavy atom. The van der Waals surface area contributed by atoms with Crippen molar-refractivity contribution in [3.05, 3.63) is 17.7 Å². The van der Waals surface area contributed by atoms with Crippen LogP contribution in [0.5, 0.6) is 11.5 Å². The number of carbonyl (C=O) groups excluding carboxylic acids is 1. The van der Waals surface area contributed by atoms with Crippen molar-refractivity contribution in [2.45, 2.75) is 34.1 Å². The number of nitrogens with one attached hydrogen (secondary N) is 1. The van der Waals surface area contributed by atoms with Crippen molar-refractivity contribution in [3.8, 4) is 11.5 Å². The van der Waals surface area contributed by atoms with E-state index in [1.165, 1.54) is 0 Å². The molecule has 0 unspecified atom stereocenters. The standard InChI is InChI=1S/C15H23NO3/c1-10-7-12(18-5)13(19-6)8-11(10)16-14(17)9-15(2,3)4/h7-8H,9H2,1-6H3,(H,16,17). The van der Waals surface area contributed by atoms with Gasteiger partial charge in [0.25, 0.3) is 0 Å². The smallest absolute Gasteiger partial charge is 0.224 e. The van der Waals surface area contributed by atoms with Crippen LogP contribution in [0.4, 0.5) is 5.69 Å². The molecule has 106 valence electrons. The SMILES string of the molecule is COc1cc(C)c(NC(=O)CC(C)(C)C)cc1OC. The Balaban J connectivity index is 2.93. The van der Waals surface area contributed by atoms with E-state index in [0.29, 0.717) is 17.9 Å². The highest BCUT2D eigenvalue weighted by molar-refractivity contribution is 5.92. The van der Waals surface area contributed by atoms with Crippen LogP contribution in [0, 0.1) is 12.3 Å². The molecular formula is C15H23NO3. The largest absolute Gasteiger partial charge is 0.493 e. The number of methoxy groups -OCH3 is 2. The topological polar surface area (TPSA) is 47.6 Å². The van der Waals surface area contributed by atoms with Gasteiger partial charge in [-0.1, -0.05) is 20.8 Å². The molecule has 1 N–H and O–H groups in total. The second-order valence-electron chi connectivity index (χ2n) is 5.81. The summed E-state index contributed by atoms with van der Waals surface area (Å²) in [5.41, 5.74) is 1.67. The van der Waals surface area contributed by atoms with Gasteiger partial charge in [-0.3, -0.25) is 4.79 Å². The number of rotatable bonds is 4. The van der Waals surface area contributed by atoms with Gasteiger partial charge < -0.3 is 14.8 Å². The molecule has 4 nitrogen and oxygen atoms in total. The van der Waals surface area contributed by atoms with E-state index in [-0.39, 0.29) is 11.3 Å². The molecule has 0 aromatic heterocycles. The lowest BCUT2D eigenvalue weighted by Crippen LogP contribution is -2.20. The summed E-state index contributed by atoms with van der Waals surface area (Å²) in [6.07, 6.45) is 0.473. The molecule has 0 aliphatic heterocycles. The summed E-state index contributed by atoms with van der Waals surface area (Å²) in [6.45, 7) is 8.03. The fraction of sp³-hybridized carbons (Fsp3) is 0.533. The van der Waals surface area contributed by atoms with E-state index >= 15 is 0 Å². The van der Waals surface area contributed by atoms with Gasteiger partial charge in [0.15, 0.2) is 11.5 Å². The molecule has 4 heteroatoms. The molecule has 0 atom stereocenters. The first-order valence-corrected chi connectivity index (χ1v) is 6.29. The molecule has 1 aromatic rings. The molecule has 1 aromatic carbocycles. The van der Waals surface area contributed by atoms with Crippen LogP contribution in [0.3, 0.4) is 0 Å². The number of ether oxygens (including phenoxy) is 2. The summed E-state index contributed by atoms with van der Waals surface area (Å²) in [5.74, 6) is 1.27. The van der Waals surface area contributed by atoms with Crippen molar-refractivity contribution in [2.75, 3.05) is 19.5 Å². The number of aryl methyl sites for hydroxylation is 1. The maximum atomic E-state index is 12.0. The number of benzene rings is 1. The van der Waals surface area contributed by atoms with E-state index in [1.54, 1.807) is 20.3 Å². The Morgan fingerprint density at radius 2 is 1.68 bits per heavy atom. The molecule has 0 bridgehead atoms. The third-order valence-corrected chi connectivity index (χ3v) is 2.70. The Hall–Kier alpha value is -1.71. The molecule has 0 heterocycles. The molecule has 0 aliphatic carbocycles. The molecule has 1 amide bonds. The fourth-order valence-electron chi connectivity index (χ4n) is 1.79. The third-order valence-electron chi connectivity index (χ3n) is 2.70. The monoisotopic (exact) mass is 265 g/mol.